The Kier molecular flexibility index (Phi) is 4.54. The van der Waals surface area contributed by atoms with Crippen molar-refractivity contribution in [3.8, 4) is 0 Å². The van der Waals surface area contributed by atoms with Crippen LogP contribution in [0.3, 0.4) is 0 Å². The van der Waals surface area contributed by atoms with Crippen LogP contribution in [0.5, 0.6) is 0 Å². The van der Waals surface area contributed by atoms with E-state index in [1.165, 1.54) is 18.4 Å². The number of anilines is 2. The molecule has 25 heavy (non-hydrogen) atoms. The van der Waals surface area contributed by atoms with Gasteiger partial charge in [-0.15, -0.1) is 0 Å². The van der Waals surface area contributed by atoms with E-state index in [9.17, 15) is 0 Å². The summed E-state index contributed by atoms with van der Waals surface area (Å²) in [5, 5.41) is 11.6. The van der Waals surface area contributed by atoms with Crippen LogP contribution in [0, 0.1) is 5.92 Å². The van der Waals surface area contributed by atoms with Crippen LogP contribution in [0.4, 0.5) is 11.4 Å². The molecule has 0 bridgehead atoms. The maximum atomic E-state index is 6.78. The zero-order valence-electron chi connectivity index (χ0n) is 14.4. The molecule has 3 unspecified atom stereocenters. The minimum Gasteiger partial charge on any atom is -0.399 e. The van der Waals surface area contributed by atoms with Gasteiger partial charge >= 0.3 is 0 Å². The summed E-state index contributed by atoms with van der Waals surface area (Å²) in [6.07, 6.45) is 8.95. The summed E-state index contributed by atoms with van der Waals surface area (Å²) in [7, 11) is 0. The Morgan fingerprint density at radius 1 is 1.28 bits per heavy atom. The predicted molar refractivity (Wildman–Crippen MR) is 107 cm³/mol. The average molecular weight is 355 g/mol. The van der Waals surface area contributed by atoms with Crippen molar-refractivity contribution >= 4 is 28.8 Å². The van der Waals surface area contributed by atoms with E-state index in [1.54, 1.807) is 11.3 Å². The van der Waals surface area contributed by atoms with E-state index in [4.69, 9.17) is 11.5 Å². The Bertz CT molecular complexity index is 755. The predicted octanol–water partition coefficient (Wildman–Crippen LogP) is 3.77. The molecule has 2 aromatic rings. The van der Waals surface area contributed by atoms with Crippen LogP contribution >= 0.6 is 11.3 Å². The highest BCUT2D eigenvalue weighted by Gasteiger charge is 2.37. The summed E-state index contributed by atoms with van der Waals surface area (Å²) in [5.41, 5.74) is 16.5. The molecular weight excluding hydrogens is 328 g/mol. The SMILES string of the molecule is Nc1ccc2c(c1)C=CC(N)(C1CCCC(NCc3ccsc3)C1)N2. The molecule has 0 radical (unpaired) electrons. The normalized spacial score (nSPS) is 28.4. The van der Waals surface area contributed by atoms with Crippen molar-refractivity contribution < 1.29 is 0 Å². The zero-order chi connectivity index (χ0) is 17.3. The average Bonchev–Trinajstić information content (AvgIpc) is 3.14. The van der Waals surface area contributed by atoms with Crippen LogP contribution in [0.1, 0.15) is 36.8 Å². The first kappa shape index (κ1) is 16.6. The minimum atomic E-state index is -0.480. The Labute approximate surface area is 153 Å². The molecule has 2 aliphatic rings. The topological polar surface area (TPSA) is 76.1 Å². The van der Waals surface area contributed by atoms with Crippen LogP contribution in [0.25, 0.3) is 6.08 Å². The van der Waals surface area contributed by atoms with Crippen molar-refractivity contribution in [1.29, 1.82) is 0 Å². The molecule has 1 saturated carbocycles. The number of hydrogen-bond donors (Lipinski definition) is 4. The van der Waals surface area contributed by atoms with Crippen LogP contribution in [-0.4, -0.2) is 11.7 Å². The van der Waals surface area contributed by atoms with Crippen molar-refractivity contribution in [2.45, 2.75) is 43.9 Å². The van der Waals surface area contributed by atoms with Gasteiger partial charge in [0.05, 0.1) is 0 Å². The minimum absolute atomic E-state index is 0.420. The monoisotopic (exact) mass is 354 g/mol. The first-order chi connectivity index (χ1) is 12.1. The molecule has 2 heterocycles. The maximum absolute atomic E-state index is 6.78. The fourth-order valence-corrected chi connectivity index (χ4v) is 4.71. The molecule has 1 aromatic heterocycles. The van der Waals surface area contributed by atoms with Crippen molar-refractivity contribution in [3.05, 3.63) is 52.2 Å². The second-order valence-corrected chi connectivity index (χ2v) is 8.09. The second kappa shape index (κ2) is 6.83. The molecular formula is C20H26N4S. The number of nitrogen functional groups attached to an aromatic ring is 1. The molecule has 1 fully saturated rings. The number of hydrogen-bond acceptors (Lipinski definition) is 5. The fourth-order valence-electron chi connectivity index (χ4n) is 4.04. The van der Waals surface area contributed by atoms with Gasteiger partial charge in [0, 0.05) is 29.9 Å². The maximum Gasteiger partial charge on any atom is 0.108 e. The summed E-state index contributed by atoms with van der Waals surface area (Å²) in [5.74, 6) is 0.420. The first-order valence-corrected chi connectivity index (χ1v) is 9.97. The van der Waals surface area contributed by atoms with Crippen LogP contribution in [0.15, 0.2) is 41.1 Å². The molecule has 0 amide bonds. The molecule has 0 spiro atoms. The molecule has 132 valence electrons. The summed E-state index contributed by atoms with van der Waals surface area (Å²) in [4.78, 5) is 0. The Morgan fingerprint density at radius 2 is 2.20 bits per heavy atom. The Morgan fingerprint density at radius 3 is 3.04 bits per heavy atom. The van der Waals surface area contributed by atoms with Gasteiger partial charge in [-0.25, -0.2) is 0 Å². The third-order valence-corrected chi connectivity index (χ3v) is 6.22. The summed E-state index contributed by atoms with van der Waals surface area (Å²) >= 11 is 1.76. The van der Waals surface area contributed by atoms with Gasteiger partial charge < -0.3 is 22.1 Å². The summed E-state index contributed by atoms with van der Waals surface area (Å²) in [6, 6.07) is 8.67. The van der Waals surface area contributed by atoms with Gasteiger partial charge in [-0.05, 0) is 71.5 Å². The van der Waals surface area contributed by atoms with Gasteiger partial charge in [0.15, 0.2) is 0 Å². The molecule has 4 rings (SSSR count). The smallest absolute Gasteiger partial charge is 0.108 e. The number of rotatable bonds is 4. The Balaban J connectivity index is 1.43. The molecule has 5 heteroatoms. The lowest BCUT2D eigenvalue weighted by molar-refractivity contribution is 0.225. The highest BCUT2D eigenvalue weighted by Crippen LogP contribution is 2.37. The largest absolute Gasteiger partial charge is 0.399 e. The van der Waals surface area contributed by atoms with Gasteiger partial charge in [0.2, 0.25) is 0 Å². The van der Waals surface area contributed by atoms with E-state index >= 15 is 0 Å². The third-order valence-electron chi connectivity index (χ3n) is 5.49. The van der Waals surface area contributed by atoms with Gasteiger partial charge in [-0.2, -0.15) is 11.3 Å². The van der Waals surface area contributed by atoms with Crippen molar-refractivity contribution in [3.63, 3.8) is 0 Å². The fraction of sp³-hybridized carbons (Fsp3) is 0.400. The quantitative estimate of drug-likeness (QED) is 0.631. The van der Waals surface area contributed by atoms with Crippen molar-refractivity contribution in [1.82, 2.24) is 5.32 Å². The lowest BCUT2D eigenvalue weighted by Gasteiger charge is -2.43. The van der Waals surface area contributed by atoms with E-state index < -0.39 is 5.66 Å². The van der Waals surface area contributed by atoms with Crippen molar-refractivity contribution in [2.24, 2.45) is 11.7 Å². The second-order valence-electron chi connectivity index (χ2n) is 7.31. The van der Waals surface area contributed by atoms with E-state index in [0.717, 1.165) is 36.3 Å². The van der Waals surface area contributed by atoms with Gasteiger partial charge in [0.25, 0.3) is 0 Å². The Hall–Kier alpha value is -1.82. The van der Waals surface area contributed by atoms with E-state index in [-0.39, 0.29) is 0 Å². The van der Waals surface area contributed by atoms with Crippen molar-refractivity contribution in [2.75, 3.05) is 11.1 Å². The van der Waals surface area contributed by atoms with Crippen LogP contribution in [-0.2, 0) is 6.54 Å². The van der Waals surface area contributed by atoms with Crippen LogP contribution < -0.4 is 22.1 Å². The van der Waals surface area contributed by atoms with Crippen LogP contribution in [0.2, 0.25) is 0 Å². The molecule has 4 nitrogen and oxygen atoms in total. The number of thiophene rings is 1. The standard InChI is InChI=1S/C20H26N4S/c21-17-4-5-19-15(10-17)6-8-20(22,24-19)16-2-1-3-18(11-16)23-12-14-7-9-25-13-14/h4-10,13,16,18,23-24H,1-3,11-12,21-22H2. The highest BCUT2D eigenvalue weighted by molar-refractivity contribution is 7.07. The number of fused-ring (bicyclic) bond motifs is 1. The van der Waals surface area contributed by atoms with Gasteiger partial charge in [-0.3, -0.25) is 0 Å². The number of benzene rings is 1. The lowest BCUT2D eigenvalue weighted by atomic mass is 9.76. The summed E-state index contributed by atoms with van der Waals surface area (Å²) in [6.45, 7) is 0.948. The van der Waals surface area contributed by atoms with E-state index in [2.05, 4.69) is 39.6 Å². The molecule has 1 aromatic carbocycles. The summed E-state index contributed by atoms with van der Waals surface area (Å²) < 4.78 is 0. The number of nitrogens with two attached hydrogens (primary N) is 2. The molecule has 6 N–H and O–H groups in total. The van der Waals surface area contributed by atoms with Gasteiger partial charge in [0.1, 0.15) is 5.66 Å². The number of nitrogens with one attached hydrogen (secondary N) is 2. The molecule has 3 atom stereocenters. The lowest BCUT2D eigenvalue weighted by Crippen LogP contribution is -2.56. The van der Waals surface area contributed by atoms with E-state index in [1.807, 2.05) is 18.2 Å². The van der Waals surface area contributed by atoms with E-state index in [0.29, 0.717) is 12.0 Å². The zero-order valence-corrected chi connectivity index (χ0v) is 15.2. The molecule has 0 saturated heterocycles. The first-order valence-electron chi connectivity index (χ1n) is 9.03. The third kappa shape index (κ3) is 3.59. The highest BCUT2D eigenvalue weighted by atomic mass is 32.1. The molecule has 1 aliphatic heterocycles. The van der Waals surface area contributed by atoms with Gasteiger partial charge in [-0.1, -0.05) is 12.5 Å². The molecule has 1 aliphatic carbocycles.